The molecular weight excluding hydrogens is 292 g/mol. The van der Waals surface area contributed by atoms with Gasteiger partial charge in [0, 0.05) is 20.2 Å². The van der Waals surface area contributed by atoms with Crippen molar-refractivity contribution in [3.63, 3.8) is 0 Å². The number of rotatable bonds is 5. The Labute approximate surface area is 136 Å². The van der Waals surface area contributed by atoms with Gasteiger partial charge in [-0.2, -0.15) is 0 Å². The molecule has 3 rings (SSSR count). The molecule has 6 nitrogen and oxygen atoms in total. The van der Waals surface area contributed by atoms with E-state index in [1.54, 1.807) is 7.11 Å². The Morgan fingerprint density at radius 1 is 1.39 bits per heavy atom. The van der Waals surface area contributed by atoms with Crippen molar-refractivity contribution < 1.29 is 9.53 Å². The number of aryl methyl sites for hydroxylation is 1. The summed E-state index contributed by atoms with van der Waals surface area (Å²) >= 11 is 0. The Morgan fingerprint density at radius 2 is 2.13 bits per heavy atom. The second kappa shape index (κ2) is 6.68. The number of carbonyl (C=O) groups excluding carboxylic acids is 1. The molecular formula is C17H24N4O2. The van der Waals surface area contributed by atoms with Crippen LogP contribution in [0.3, 0.4) is 0 Å². The molecule has 2 N–H and O–H groups in total. The Hall–Kier alpha value is -1.92. The maximum absolute atomic E-state index is 12.5. The lowest BCUT2D eigenvalue weighted by molar-refractivity contribution is -0.146. The van der Waals surface area contributed by atoms with E-state index in [-0.39, 0.29) is 5.91 Å². The van der Waals surface area contributed by atoms with Gasteiger partial charge in [0.05, 0.1) is 11.0 Å². The van der Waals surface area contributed by atoms with Crippen LogP contribution in [0.15, 0.2) is 24.3 Å². The fourth-order valence-electron chi connectivity index (χ4n) is 3.28. The first-order valence-corrected chi connectivity index (χ1v) is 8.12. The Bertz CT molecular complexity index is 689. The summed E-state index contributed by atoms with van der Waals surface area (Å²) < 4.78 is 7.69. The Morgan fingerprint density at radius 3 is 2.87 bits per heavy atom. The first kappa shape index (κ1) is 16.0. The molecule has 0 unspecified atom stereocenters. The third kappa shape index (κ3) is 3.09. The zero-order valence-electron chi connectivity index (χ0n) is 13.8. The largest absolute Gasteiger partial charge is 0.368 e. The van der Waals surface area contributed by atoms with Gasteiger partial charge in [-0.25, -0.2) is 4.98 Å². The molecule has 23 heavy (non-hydrogen) atoms. The molecule has 0 radical (unpaired) electrons. The van der Waals surface area contributed by atoms with Gasteiger partial charge in [0.15, 0.2) is 0 Å². The van der Waals surface area contributed by atoms with Crippen LogP contribution < -0.4 is 10.6 Å². The van der Waals surface area contributed by atoms with Crippen LogP contribution in [0.1, 0.15) is 18.7 Å². The molecule has 6 heteroatoms. The molecule has 2 heterocycles. The molecule has 0 atom stereocenters. The molecule has 2 aromatic rings. The first-order chi connectivity index (χ1) is 11.2. The van der Waals surface area contributed by atoms with Gasteiger partial charge in [-0.3, -0.25) is 4.79 Å². The quantitative estimate of drug-likeness (QED) is 0.870. The van der Waals surface area contributed by atoms with Crippen molar-refractivity contribution in [3.8, 4) is 0 Å². The highest BCUT2D eigenvalue weighted by Crippen LogP contribution is 2.22. The maximum Gasteiger partial charge on any atom is 0.252 e. The molecule has 0 bridgehead atoms. The second-order valence-electron chi connectivity index (χ2n) is 6.00. The summed E-state index contributed by atoms with van der Waals surface area (Å²) in [6.45, 7) is 4.89. The minimum absolute atomic E-state index is 0.0106. The molecule has 1 aliphatic rings. The van der Waals surface area contributed by atoms with Crippen LogP contribution in [0, 0.1) is 6.92 Å². The minimum atomic E-state index is -0.683. The van der Waals surface area contributed by atoms with Crippen LogP contribution >= 0.6 is 0 Å². The zero-order chi connectivity index (χ0) is 16.3. The Balaban J connectivity index is 1.64. The van der Waals surface area contributed by atoms with Crippen molar-refractivity contribution in [1.29, 1.82) is 0 Å². The normalized spacial score (nSPS) is 17.3. The van der Waals surface area contributed by atoms with Crippen LogP contribution in [0.25, 0.3) is 11.0 Å². The number of para-hydroxylation sites is 2. The standard InChI is InChI=1S/C17H24N4O2/c1-13-20-14-5-3-4-6-15(14)21(13)12-11-19-16(22)17(23-2)7-9-18-10-8-17/h3-6,18H,7-12H2,1-2H3,(H,19,22). The van der Waals surface area contributed by atoms with E-state index in [2.05, 4.69) is 26.3 Å². The average molecular weight is 316 g/mol. The highest BCUT2D eigenvalue weighted by atomic mass is 16.5. The van der Waals surface area contributed by atoms with Gasteiger partial charge in [-0.05, 0) is 45.0 Å². The summed E-state index contributed by atoms with van der Waals surface area (Å²) in [6.07, 6.45) is 1.42. The number of carbonyl (C=O) groups is 1. The van der Waals surface area contributed by atoms with Gasteiger partial charge >= 0.3 is 0 Å². The maximum atomic E-state index is 12.5. The van der Waals surface area contributed by atoms with Gasteiger partial charge in [-0.15, -0.1) is 0 Å². The van der Waals surface area contributed by atoms with E-state index in [1.807, 2.05) is 25.1 Å². The van der Waals surface area contributed by atoms with Crippen molar-refractivity contribution in [1.82, 2.24) is 20.2 Å². The lowest BCUT2D eigenvalue weighted by Gasteiger charge is -2.34. The molecule has 1 aliphatic heterocycles. The highest BCUT2D eigenvalue weighted by molar-refractivity contribution is 5.85. The van der Waals surface area contributed by atoms with E-state index in [0.29, 0.717) is 25.9 Å². The number of imidazole rings is 1. The Kier molecular flexibility index (Phi) is 4.63. The lowest BCUT2D eigenvalue weighted by atomic mass is 9.91. The van der Waals surface area contributed by atoms with Crippen LogP contribution in [0.5, 0.6) is 0 Å². The van der Waals surface area contributed by atoms with Gasteiger partial charge < -0.3 is 19.9 Å². The zero-order valence-corrected chi connectivity index (χ0v) is 13.8. The van der Waals surface area contributed by atoms with Crippen molar-refractivity contribution in [2.75, 3.05) is 26.7 Å². The van der Waals surface area contributed by atoms with Crippen molar-refractivity contribution in [2.24, 2.45) is 0 Å². The number of nitrogens with one attached hydrogen (secondary N) is 2. The topological polar surface area (TPSA) is 68.2 Å². The SMILES string of the molecule is COC1(C(=O)NCCn2c(C)nc3ccccc32)CCNCC1. The number of nitrogens with zero attached hydrogens (tertiary/aromatic N) is 2. The number of aromatic nitrogens is 2. The summed E-state index contributed by atoms with van der Waals surface area (Å²) in [4.78, 5) is 17.1. The lowest BCUT2D eigenvalue weighted by Crippen LogP contribution is -2.54. The fraction of sp³-hybridized carbons (Fsp3) is 0.529. The van der Waals surface area contributed by atoms with Crippen LogP contribution in [0.4, 0.5) is 0 Å². The number of methoxy groups -OCH3 is 1. The number of piperidine rings is 1. The van der Waals surface area contributed by atoms with E-state index in [0.717, 1.165) is 29.9 Å². The number of amides is 1. The van der Waals surface area contributed by atoms with Gasteiger partial charge in [0.1, 0.15) is 11.4 Å². The summed E-state index contributed by atoms with van der Waals surface area (Å²) in [5, 5.41) is 6.30. The van der Waals surface area contributed by atoms with Gasteiger partial charge in [0.25, 0.3) is 5.91 Å². The van der Waals surface area contributed by atoms with Crippen LogP contribution in [-0.2, 0) is 16.1 Å². The summed E-state index contributed by atoms with van der Waals surface area (Å²) in [5.74, 6) is 0.951. The molecule has 1 fully saturated rings. The van der Waals surface area contributed by atoms with Gasteiger partial charge in [-0.1, -0.05) is 12.1 Å². The summed E-state index contributed by atoms with van der Waals surface area (Å²) in [7, 11) is 1.62. The summed E-state index contributed by atoms with van der Waals surface area (Å²) in [6, 6.07) is 8.06. The predicted molar refractivity (Wildman–Crippen MR) is 89.3 cm³/mol. The minimum Gasteiger partial charge on any atom is -0.368 e. The van der Waals surface area contributed by atoms with E-state index in [9.17, 15) is 4.79 Å². The number of fused-ring (bicyclic) bond motifs is 1. The molecule has 1 aromatic carbocycles. The third-order valence-corrected chi connectivity index (χ3v) is 4.68. The fourth-order valence-corrected chi connectivity index (χ4v) is 3.28. The van der Waals surface area contributed by atoms with E-state index in [1.165, 1.54) is 0 Å². The molecule has 124 valence electrons. The molecule has 1 amide bonds. The third-order valence-electron chi connectivity index (χ3n) is 4.68. The first-order valence-electron chi connectivity index (χ1n) is 8.12. The van der Waals surface area contributed by atoms with Crippen molar-refractivity contribution >= 4 is 16.9 Å². The van der Waals surface area contributed by atoms with E-state index < -0.39 is 5.60 Å². The molecule has 0 saturated carbocycles. The smallest absolute Gasteiger partial charge is 0.252 e. The number of benzene rings is 1. The number of hydrogen-bond donors (Lipinski definition) is 2. The van der Waals surface area contributed by atoms with Crippen LogP contribution in [0.2, 0.25) is 0 Å². The molecule has 1 aromatic heterocycles. The second-order valence-corrected chi connectivity index (χ2v) is 6.00. The van der Waals surface area contributed by atoms with E-state index in [4.69, 9.17) is 4.74 Å². The molecule has 1 saturated heterocycles. The predicted octanol–water partition coefficient (Wildman–Crippen LogP) is 1.23. The van der Waals surface area contributed by atoms with Crippen molar-refractivity contribution in [3.05, 3.63) is 30.1 Å². The van der Waals surface area contributed by atoms with Gasteiger partial charge in [0.2, 0.25) is 0 Å². The highest BCUT2D eigenvalue weighted by Gasteiger charge is 2.39. The average Bonchev–Trinajstić information content (AvgIpc) is 2.91. The summed E-state index contributed by atoms with van der Waals surface area (Å²) in [5.41, 5.74) is 1.41. The molecule has 0 spiro atoms. The monoisotopic (exact) mass is 316 g/mol. The van der Waals surface area contributed by atoms with Crippen LogP contribution in [-0.4, -0.2) is 47.8 Å². The van der Waals surface area contributed by atoms with E-state index >= 15 is 0 Å². The van der Waals surface area contributed by atoms with Crippen molar-refractivity contribution in [2.45, 2.75) is 31.9 Å². The molecule has 0 aliphatic carbocycles. The number of ether oxygens (including phenoxy) is 1. The number of hydrogen-bond acceptors (Lipinski definition) is 4.